The largest absolute Gasteiger partial charge is 0.456 e. The molecule has 0 spiro atoms. The normalized spacial score (nSPS) is 13.1. The molecule has 0 saturated carbocycles. The molecule has 55 heavy (non-hydrogen) atoms. The number of benzene rings is 7. The van der Waals surface area contributed by atoms with Gasteiger partial charge in [0.1, 0.15) is 11.2 Å². The Kier molecular flexibility index (Phi) is 7.00. The molecule has 1 aliphatic rings. The highest BCUT2D eigenvalue weighted by Crippen LogP contribution is 2.52. The third-order valence-electron chi connectivity index (χ3n) is 11.1. The minimum atomic E-state index is -0.163. The molecular weight excluding hydrogens is 693 g/mol. The molecule has 6 heteroatoms. The predicted molar refractivity (Wildman–Crippen MR) is 225 cm³/mol. The quantitative estimate of drug-likeness (QED) is 0.177. The van der Waals surface area contributed by atoms with Crippen LogP contribution in [0.5, 0.6) is 0 Å². The van der Waals surface area contributed by atoms with Crippen LogP contribution in [0, 0.1) is 0 Å². The van der Waals surface area contributed by atoms with Gasteiger partial charge in [-0.1, -0.05) is 123 Å². The Balaban J connectivity index is 1.08. The number of fused-ring (bicyclic) bond motifs is 7. The van der Waals surface area contributed by atoms with Gasteiger partial charge in [-0.15, -0.1) is 11.3 Å². The van der Waals surface area contributed by atoms with E-state index >= 15 is 0 Å². The Hall–Kier alpha value is -6.76. The molecule has 0 fully saturated rings. The molecule has 0 radical (unpaired) electrons. The summed E-state index contributed by atoms with van der Waals surface area (Å²) in [4.78, 5) is 19.6. The maximum absolute atomic E-state index is 6.60. The Morgan fingerprint density at radius 3 is 1.89 bits per heavy atom. The molecule has 0 bridgehead atoms. The standard InChI is InChI=1S/C49H32N4OS/c1-49(2)39-24-32(20-21-35(39)38-26-41-44(27-40(38)49)55-28-50-41)37-23-34(25-43-45(37)36-18-9-10-19-42(36)54-43)31-16-11-17-33(22-31)48-52-46(29-12-5-3-6-13-29)51-47(53-48)30-14-7-4-8-15-30/h3-28H,1-2H3. The predicted octanol–water partition coefficient (Wildman–Crippen LogP) is 13.0. The van der Waals surface area contributed by atoms with Crippen LogP contribution in [0.15, 0.2) is 162 Å². The number of rotatable bonds is 5. The van der Waals surface area contributed by atoms with Crippen LogP contribution in [0.4, 0.5) is 0 Å². The van der Waals surface area contributed by atoms with E-state index in [4.69, 9.17) is 19.4 Å². The molecule has 0 atom stereocenters. The molecule has 0 N–H and O–H groups in total. The van der Waals surface area contributed by atoms with Crippen LogP contribution in [-0.4, -0.2) is 19.9 Å². The summed E-state index contributed by atoms with van der Waals surface area (Å²) in [5, 5.41) is 2.22. The van der Waals surface area contributed by atoms with Gasteiger partial charge in [-0.3, -0.25) is 0 Å². The number of thiazole rings is 1. The Labute approximate surface area is 321 Å². The number of furan rings is 1. The third kappa shape index (κ3) is 5.13. The summed E-state index contributed by atoms with van der Waals surface area (Å²) in [7, 11) is 0. The first-order valence-corrected chi connectivity index (χ1v) is 19.3. The lowest BCUT2D eigenvalue weighted by Crippen LogP contribution is -2.15. The molecule has 0 aliphatic heterocycles. The van der Waals surface area contributed by atoms with Crippen molar-refractivity contribution in [1.29, 1.82) is 0 Å². The van der Waals surface area contributed by atoms with Gasteiger partial charge < -0.3 is 4.42 Å². The van der Waals surface area contributed by atoms with Crippen LogP contribution >= 0.6 is 11.3 Å². The summed E-state index contributed by atoms with van der Waals surface area (Å²) in [5.74, 6) is 1.90. The number of nitrogens with zero attached hydrogens (tertiary/aromatic N) is 4. The molecule has 7 aromatic carbocycles. The fourth-order valence-corrected chi connectivity index (χ4v) is 8.97. The number of hydrogen-bond donors (Lipinski definition) is 0. The van der Waals surface area contributed by atoms with Gasteiger partial charge in [-0.05, 0) is 87.0 Å². The average Bonchev–Trinajstić information content (AvgIpc) is 3.92. The van der Waals surface area contributed by atoms with E-state index < -0.39 is 0 Å². The van der Waals surface area contributed by atoms with E-state index in [1.54, 1.807) is 11.3 Å². The van der Waals surface area contributed by atoms with Gasteiger partial charge in [-0.2, -0.15) is 0 Å². The van der Waals surface area contributed by atoms with Gasteiger partial charge in [0.15, 0.2) is 17.5 Å². The molecule has 5 nitrogen and oxygen atoms in total. The third-order valence-corrected chi connectivity index (χ3v) is 11.9. The van der Waals surface area contributed by atoms with E-state index in [9.17, 15) is 0 Å². The van der Waals surface area contributed by atoms with Gasteiger partial charge in [0.2, 0.25) is 0 Å². The molecule has 3 aromatic heterocycles. The van der Waals surface area contributed by atoms with E-state index in [-0.39, 0.29) is 5.41 Å². The van der Waals surface area contributed by atoms with E-state index in [1.807, 2.05) is 72.2 Å². The smallest absolute Gasteiger partial charge is 0.164 e. The molecule has 10 aromatic rings. The number of hydrogen-bond acceptors (Lipinski definition) is 6. The van der Waals surface area contributed by atoms with Crippen molar-refractivity contribution in [3.05, 3.63) is 168 Å². The highest BCUT2D eigenvalue weighted by Gasteiger charge is 2.36. The van der Waals surface area contributed by atoms with Crippen LogP contribution in [0.25, 0.3) is 99.7 Å². The lowest BCUT2D eigenvalue weighted by Gasteiger charge is -2.22. The molecule has 0 amide bonds. The van der Waals surface area contributed by atoms with Gasteiger partial charge in [0.25, 0.3) is 0 Å². The second-order valence-electron chi connectivity index (χ2n) is 14.7. The highest BCUT2D eigenvalue weighted by atomic mass is 32.1. The van der Waals surface area contributed by atoms with Crippen molar-refractivity contribution in [3.63, 3.8) is 0 Å². The monoisotopic (exact) mass is 724 g/mol. The summed E-state index contributed by atoms with van der Waals surface area (Å²) in [6.07, 6.45) is 0. The Morgan fingerprint density at radius 1 is 0.473 bits per heavy atom. The zero-order chi connectivity index (χ0) is 36.7. The van der Waals surface area contributed by atoms with Gasteiger partial charge in [0.05, 0.1) is 15.7 Å². The van der Waals surface area contributed by atoms with E-state index in [2.05, 4.69) is 104 Å². The van der Waals surface area contributed by atoms with Crippen molar-refractivity contribution >= 4 is 43.5 Å². The van der Waals surface area contributed by atoms with Crippen LogP contribution in [-0.2, 0) is 5.41 Å². The average molecular weight is 725 g/mol. The second kappa shape index (κ2) is 12.1. The van der Waals surface area contributed by atoms with Gasteiger partial charge >= 0.3 is 0 Å². The zero-order valence-electron chi connectivity index (χ0n) is 30.1. The summed E-state index contributed by atoms with van der Waals surface area (Å²) in [6.45, 7) is 4.68. The first-order chi connectivity index (χ1) is 27.0. The first-order valence-electron chi connectivity index (χ1n) is 18.4. The fourth-order valence-electron chi connectivity index (χ4n) is 8.28. The maximum Gasteiger partial charge on any atom is 0.164 e. The van der Waals surface area contributed by atoms with Crippen LogP contribution < -0.4 is 0 Å². The van der Waals surface area contributed by atoms with Crippen molar-refractivity contribution in [1.82, 2.24) is 19.9 Å². The van der Waals surface area contributed by atoms with Crippen molar-refractivity contribution in [2.75, 3.05) is 0 Å². The van der Waals surface area contributed by atoms with Crippen LogP contribution in [0.3, 0.4) is 0 Å². The summed E-state index contributed by atoms with van der Waals surface area (Å²) in [6, 6.07) is 53.0. The molecule has 0 unspecified atom stereocenters. The summed E-state index contributed by atoms with van der Waals surface area (Å²) >= 11 is 1.70. The molecule has 3 heterocycles. The number of para-hydroxylation sites is 1. The first kappa shape index (κ1) is 31.7. The lowest BCUT2D eigenvalue weighted by atomic mass is 9.81. The fraction of sp³-hybridized carbons (Fsp3) is 0.0612. The van der Waals surface area contributed by atoms with Crippen LogP contribution in [0.1, 0.15) is 25.0 Å². The SMILES string of the molecule is CC1(C)c2cc(-c3cc(-c4cccc(-c5nc(-c6ccccc6)nc(-c6ccccc6)n5)c4)cc4oc5ccccc5c34)ccc2-c2cc3ncsc3cc21. The van der Waals surface area contributed by atoms with Crippen molar-refractivity contribution in [3.8, 4) is 67.5 Å². The van der Waals surface area contributed by atoms with Crippen molar-refractivity contribution in [2.24, 2.45) is 0 Å². The van der Waals surface area contributed by atoms with E-state index in [1.165, 1.54) is 27.0 Å². The van der Waals surface area contributed by atoms with Crippen molar-refractivity contribution in [2.45, 2.75) is 19.3 Å². The van der Waals surface area contributed by atoms with Gasteiger partial charge in [0, 0.05) is 32.9 Å². The number of aromatic nitrogens is 4. The zero-order valence-corrected chi connectivity index (χ0v) is 30.9. The van der Waals surface area contributed by atoms with Crippen LogP contribution in [0.2, 0.25) is 0 Å². The molecule has 1 aliphatic carbocycles. The molecule has 260 valence electrons. The maximum atomic E-state index is 6.60. The van der Waals surface area contributed by atoms with E-state index in [0.29, 0.717) is 17.5 Å². The Bertz CT molecular complexity index is 3070. The minimum absolute atomic E-state index is 0.163. The molecular formula is C49H32N4OS. The molecule has 11 rings (SSSR count). The minimum Gasteiger partial charge on any atom is -0.456 e. The van der Waals surface area contributed by atoms with Crippen molar-refractivity contribution < 1.29 is 4.42 Å². The highest BCUT2D eigenvalue weighted by molar-refractivity contribution is 7.16. The topological polar surface area (TPSA) is 64.7 Å². The Morgan fingerprint density at radius 2 is 1.13 bits per heavy atom. The van der Waals surface area contributed by atoms with E-state index in [0.717, 1.165) is 66.4 Å². The van der Waals surface area contributed by atoms with Gasteiger partial charge in [-0.25, -0.2) is 19.9 Å². The lowest BCUT2D eigenvalue weighted by molar-refractivity contribution is 0.661. The summed E-state index contributed by atoms with van der Waals surface area (Å²) < 4.78 is 7.83. The second-order valence-corrected chi connectivity index (χ2v) is 15.6. The summed E-state index contributed by atoms with van der Waals surface area (Å²) in [5.41, 5.74) is 17.0. The molecule has 0 saturated heterocycles.